The van der Waals surface area contributed by atoms with Crippen LogP contribution >= 0.6 is 7.26 Å². The minimum atomic E-state index is -2.75. The molecule has 0 heterocycles. The maximum atomic E-state index is 14.4. The zero-order valence-corrected chi connectivity index (χ0v) is 21.5. The molecule has 1 saturated carbocycles. The van der Waals surface area contributed by atoms with Crippen LogP contribution in [0.5, 0.6) is 5.75 Å². The van der Waals surface area contributed by atoms with Gasteiger partial charge in [-0.2, -0.15) is 0 Å². The summed E-state index contributed by atoms with van der Waals surface area (Å²) in [6.07, 6.45) is 1.75. The van der Waals surface area contributed by atoms with Gasteiger partial charge >= 0.3 is 209 Å². The van der Waals surface area contributed by atoms with Crippen LogP contribution in [0.25, 0.3) is 0 Å². The van der Waals surface area contributed by atoms with Gasteiger partial charge in [-0.25, -0.2) is 0 Å². The van der Waals surface area contributed by atoms with Crippen molar-refractivity contribution in [1.82, 2.24) is 0 Å². The van der Waals surface area contributed by atoms with E-state index in [1.807, 2.05) is 26.0 Å². The molecule has 35 heavy (non-hydrogen) atoms. The normalized spacial score (nSPS) is 14.7. The predicted molar refractivity (Wildman–Crippen MR) is 150 cm³/mol. The number of hydrogen-bond acceptors (Lipinski definition) is 2. The van der Waals surface area contributed by atoms with Crippen LogP contribution in [0.3, 0.4) is 0 Å². The average Bonchev–Trinajstić information content (AvgIpc) is 3.71. The molecule has 1 amide bonds. The predicted octanol–water partition coefficient (Wildman–Crippen LogP) is 5.51. The van der Waals surface area contributed by atoms with Crippen molar-refractivity contribution in [2.75, 3.05) is 12.4 Å². The SMILES string of the molecule is COc1cc(C)c(NC(=O)C2([PH](c3ccccc3)(c3ccccc3)c3ccccc3)CC2)c(C)c1. The third-order valence-electron chi connectivity index (χ3n) is 7.50. The number of ether oxygens (including phenoxy) is 1. The van der Waals surface area contributed by atoms with E-state index in [9.17, 15) is 4.79 Å². The molecule has 5 rings (SSSR count). The summed E-state index contributed by atoms with van der Waals surface area (Å²) in [5, 5.41) is 6.73. The maximum absolute atomic E-state index is 14.4. The van der Waals surface area contributed by atoms with Crippen molar-refractivity contribution >= 4 is 34.8 Å². The number of methoxy groups -OCH3 is 1. The molecule has 0 spiro atoms. The summed E-state index contributed by atoms with van der Waals surface area (Å²) in [5.74, 6) is 0.929. The minimum absolute atomic E-state index is 0.122. The molecule has 4 aromatic rings. The number of aryl methyl sites for hydroxylation is 2. The Balaban J connectivity index is 1.71. The molecule has 3 nitrogen and oxygen atoms in total. The molecule has 0 bridgehead atoms. The number of benzene rings is 4. The van der Waals surface area contributed by atoms with Gasteiger partial charge in [-0.15, -0.1) is 0 Å². The van der Waals surface area contributed by atoms with Crippen LogP contribution in [0, 0.1) is 13.8 Å². The zero-order chi connectivity index (χ0) is 24.5. The van der Waals surface area contributed by atoms with Crippen molar-refractivity contribution in [3.63, 3.8) is 0 Å². The van der Waals surface area contributed by atoms with Gasteiger partial charge in [0.15, 0.2) is 0 Å². The molecule has 0 aromatic heterocycles. The summed E-state index contributed by atoms with van der Waals surface area (Å²) >= 11 is 0. The van der Waals surface area contributed by atoms with Crippen molar-refractivity contribution in [2.45, 2.75) is 31.8 Å². The van der Waals surface area contributed by atoms with Crippen molar-refractivity contribution in [2.24, 2.45) is 0 Å². The van der Waals surface area contributed by atoms with Crippen molar-refractivity contribution in [3.8, 4) is 5.75 Å². The molecule has 0 radical (unpaired) electrons. The van der Waals surface area contributed by atoms with Gasteiger partial charge in [0.1, 0.15) is 0 Å². The summed E-state index contributed by atoms with van der Waals surface area (Å²) in [7, 11) is -1.07. The molecule has 4 heteroatoms. The van der Waals surface area contributed by atoms with E-state index in [0.29, 0.717) is 0 Å². The second-order valence-electron chi connectivity index (χ2n) is 9.52. The van der Waals surface area contributed by atoms with E-state index in [4.69, 9.17) is 4.74 Å². The molecule has 0 unspecified atom stereocenters. The summed E-state index contributed by atoms with van der Waals surface area (Å²) in [6, 6.07) is 36.1. The van der Waals surface area contributed by atoms with E-state index < -0.39 is 12.4 Å². The monoisotopic (exact) mass is 481 g/mol. The van der Waals surface area contributed by atoms with E-state index in [0.717, 1.165) is 35.4 Å². The Morgan fingerprint density at radius 2 is 1.14 bits per heavy atom. The van der Waals surface area contributed by atoms with Gasteiger partial charge in [0.2, 0.25) is 0 Å². The van der Waals surface area contributed by atoms with Gasteiger partial charge in [-0.1, -0.05) is 0 Å². The van der Waals surface area contributed by atoms with E-state index in [-0.39, 0.29) is 5.91 Å². The average molecular weight is 482 g/mol. The van der Waals surface area contributed by atoms with E-state index in [1.165, 1.54) is 15.9 Å². The number of hydrogen-bond donors (Lipinski definition) is 1. The Morgan fingerprint density at radius 1 is 0.743 bits per heavy atom. The third kappa shape index (κ3) is 3.85. The van der Waals surface area contributed by atoms with Crippen LogP contribution in [0.1, 0.15) is 24.0 Å². The zero-order valence-electron chi connectivity index (χ0n) is 20.5. The summed E-state index contributed by atoms with van der Waals surface area (Å²) in [5.41, 5.74) is 2.91. The molecule has 1 aliphatic rings. The number of anilines is 1. The third-order valence-corrected chi connectivity index (χ3v) is 13.3. The Labute approximate surface area is 208 Å². The van der Waals surface area contributed by atoms with Gasteiger partial charge in [0, 0.05) is 0 Å². The van der Waals surface area contributed by atoms with Crippen molar-refractivity contribution in [1.29, 1.82) is 0 Å². The van der Waals surface area contributed by atoms with Crippen LogP contribution in [0.4, 0.5) is 5.69 Å². The quantitative estimate of drug-likeness (QED) is 0.354. The molecule has 1 N–H and O–H groups in total. The van der Waals surface area contributed by atoms with Crippen LogP contribution in [-0.2, 0) is 4.79 Å². The fourth-order valence-electron chi connectivity index (χ4n) is 5.76. The van der Waals surface area contributed by atoms with Gasteiger partial charge in [-0.3, -0.25) is 0 Å². The van der Waals surface area contributed by atoms with Crippen molar-refractivity contribution in [3.05, 3.63) is 114 Å². The Morgan fingerprint density at radius 3 is 1.49 bits per heavy atom. The first-order valence-electron chi connectivity index (χ1n) is 12.2. The fourth-order valence-corrected chi connectivity index (χ4v) is 11.8. The van der Waals surface area contributed by atoms with Crippen LogP contribution in [-0.4, -0.2) is 18.2 Å². The van der Waals surface area contributed by atoms with E-state index in [1.54, 1.807) is 7.11 Å². The second-order valence-corrected chi connectivity index (χ2v) is 13.7. The van der Waals surface area contributed by atoms with Gasteiger partial charge in [0.05, 0.1) is 0 Å². The number of nitrogens with one attached hydrogen (secondary N) is 1. The Bertz CT molecular complexity index is 1210. The second kappa shape index (κ2) is 9.32. The topological polar surface area (TPSA) is 38.3 Å². The van der Waals surface area contributed by atoms with Gasteiger partial charge in [0.25, 0.3) is 0 Å². The summed E-state index contributed by atoms with van der Waals surface area (Å²) in [4.78, 5) is 14.4. The molecule has 0 saturated heterocycles. The first kappa shape index (κ1) is 23.3. The van der Waals surface area contributed by atoms with E-state index in [2.05, 4.69) is 96.3 Å². The Hall–Kier alpha value is -3.42. The van der Waals surface area contributed by atoms with Gasteiger partial charge in [-0.05, 0) is 0 Å². The molecular weight excluding hydrogens is 449 g/mol. The number of carbonyl (C=O) groups is 1. The molecule has 0 atom stereocenters. The summed E-state index contributed by atoms with van der Waals surface area (Å²) in [6.45, 7) is 4.06. The molecule has 1 fully saturated rings. The molecule has 178 valence electrons. The first-order valence-corrected chi connectivity index (χ1v) is 14.2. The van der Waals surface area contributed by atoms with Crippen LogP contribution < -0.4 is 26.0 Å². The van der Waals surface area contributed by atoms with Crippen LogP contribution in [0.15, 0.2) is 103 Å². The number of rotatable bonds is 7. The van der Waals surface area contributed by atoms with Crippen LogP contribution in [0.2, 0.25) is 0 Å². The van der Waals surface area contributed by atoms with Crippen molar-refractivity contribution < 1.29 is 9.53 Å². The molecule has 1 aliphatic carbocycles. The molecule has 0 aliphatic heterocycles. The van der Waals surface area contributed by atoms with Gasteiger partial charge < -0.3 is 0 Å². The molecular formula is C31H32NO2P. The number of carbonyl (C=O) groups excluding carboxylic acids is 1. The standard InChI is InChI=1S/C31H32NO2P/c1-23-21-25(34-3)22-24(2)29(23)32-30(33)31(19-20-31)35(26-13-7-4-8-14-26,27-15-9-5-10-16-27)28-17-11-6-12-18-28/h4-18,21-22,35H,19-20H2,1-3H3,(H,32,33). The van der Waals surface area contributed by atoms with E-state index >= 15 is 0 Å². The Kier molecular flexibility index (Phi) is 6.21. The first-order chi connectivity index (χ1) is 17.0. The number of amides is 1. The molecule has 4 aromatic carbocycles. The fraction of sp³-hybridized carbons (Fsp3) is 0.194. The summed E-state index contributed by atoms with van der Waals surface area (Å²) < 4.78 is 5.44.